The monoisotopic (exact) mass is 285 g/mol. The molecule has 0 spiro atoms. The zero-order valence-corrected chi connectivity index (χ0v) is 11.5. The minimum Gasteiger partial charge on any atom is -0.441 e. The number of hydrogen-bond acceptors (Lipinski definition) is 5. The molecule has 7 nitrogen and oxygen atoms in total. The van der Waals surface area contributed by atoms with Crippen molar-refractivity contribution in [2.24, 2.45) is 0 Å². The van der Waals surface area contributed by atoms with E-state index in [0.717, 1.165) is 11.9 Å². The molecule has 2 aromatic heterocycles. The van der Waals surface area contributed by atoms with E-state index in [1.54, 1.807) is 30.5 Å². The Bertz CT molecular complexity index is 790. The molecule has 3 N–H and O–H groups in total. The smallest absolute Gasteiger partial charge is 0.246 e. The van der Waals surface area contributed by atoms with Crippen LogP contribution in [0.2, 0.25) is 0 Å². The van der Waals surface area contributed by atoms with Crippen molar-refractivity contribution >= 4 is 28.5 Å². The number of aryl methyl sites for hydroxylation is 1. The van der Waals surface area contributed by atoms with Gasteiger partial charge in [0.15, 0.2) is 11.5 Å². The minimum absolute atomic E-state index is 0.105. The lowest BCUT2D eigenvalue weighted by Gasteiger charge is -2.04. The van der Waals surface area contributed by atoms with E-state index in [0.29, 0.717) is 23.0 Å². The van der Waals surface area contributed by atoms with E-state index >= 15 is 0 Å². The molecule has 0 aliphatic heterocycles. The number of carbonyl (C=O) groups is 1. The summed E-state index contributed by atoms with van der Waals surface area (Å²) in [5, 5.41) is 6.76. The van der Waals surface area contributed by atoms with Crippen LogP contribution in [-0.4, -0.2) is 20.7 Å². The Labute approximate surface area is 120 Å². The van der Waals surface area contributed by atoms with Gasteiger partial charge in [-0.2, -0.15) is 5.10 Å². The van der Waals surface area contributed by atoms with Crippen molar-refractivity contribution in [3.05, 3.63) is 36.4 Å². The Morgan fingerprint density at radius 2 is 2.29 bits per heavy atom. The summed E-state index contributed by atoms with van der Waals surface area (Å²) in [5.41, 5.74) is 7.61. The highest BCUT2D eigenvalue weighted by Crippen LogP contribution is 2.20. The number of nitrogens with two attached hydrogens (primary N) is 1. The highest BCUT2D eigenvalue weighted by molar-refractivity contribution is 5.92. The average Bonchev–Trinajstić information content (AvgIpc) is 3.04. The van der Waals surface area contributed by atoms with Gasteiger partial charge in [0.25, 0.3) is 0 Å². The van der Waals surface area contributed by atoms with Gasteiger partial charge in [-0.05, 0) is 24.3 Å². The van der Waals surface area contributed by atoms with Crippen molar-refractivity contribution in [3.63, 3.8) is 0 Å². The Hall–Kier alpha value is -2.83. The average molecular weight is 285 g/mol. The van der Waals surface area contributed by atoms with Gasteiger partial charge in [-0.15, -0.1) is 0 Å². The summed E-state index contributed by atoms with van der Waals surface area (Å²) in [6.45, 7) is 2.08. The van der Waals surface area contributed by atoms with Crippen molar-refractivity contribution in [3.8, 4) is 0 Å². The van der Waals surface area contributed by atoms with Crippen LogP contribution in [0.1, 0.15) is 12.8 Å². The van der Waals surface area contributed by atoms with Gasteiger partial charge in [-0.25, -0.2) is 4.98 Å². The van der Waals surface area contributed by atoms with Crippen LogP contribution in [0.15, 0.2) is 34.9 Å². The van der Waals surface area contributed by atoms with Crippen LogP contribution in [0.4, 0.5) is 11.5 Å². The van der Waals surface area contributed by atoms with Crippen molar-refractivity contribution < 1.29 is 9.21 Å². The van der Waals surface area contributed by atoms with Gasteiger partial charge >= 0.3 is 0 Å². The van der Waals surface area contributed by atoms with Crippen molar-refractivity contribution in [2.75, 3.05) is 11.1 Å². The number of aromatic nitrogens is 3. The molecule has 0 aliphatic rings. The lowest BCUT2D eigenvalue weighted by Crippen LogP contribution is -2.19. The summed E-state index contributed by atoms with van der Waals surface area (Å²) in [5.74, 6) is 0.885. The maximum atomic E-state index is 11.9. The van der Waals surface area contributed by atoms with Gasteiger partial charge in [0.2, 0.25) is 5.91 Å². The summed E-state index contributed by atoms with van der Waals surface area (Å²) in [7, 11) is 0. The third kappa shape index (κ3) is 2.86. The molecule has 0 atom stereocenters. The number of anilines is 2. The maximum absolute atomic E-state index is 11.9. The summed E-state index contributed by atoms with van der Waals surface area (Å²) < 4.78 is 7.00. The molecule has 0 fully saturated rings. The number of oxazole rings is 1. The molecule has 3 rings (SSSR count). The molecule has 3 aromatic rings. The minimum atomic E-state index is -0.184. The zero-order valence-electron chi connectivity index (χ0n) is 11.5. The second-order valence-corrected chi connectivity index (χ2v) is 4.63. The fourth-order valence-electron chi connectivity index (χ4n) is 2.02. The highest BCUT2D eigenvalue weighted by atomic mass is 16.3. The molecule has 0 aliphatic carbocycles. The van der Waals surface area contributed by atoms with E-state index in [1.165, 1.54) is 4.68 Å². The zero-order chi connectivity index (χ0) is 14.8. The number of rotatable bonds is 4. The lowest BCUT2D eigenvalue weighted by atomic mass is 10.3. The van der Waals surface area contributed by atoms with E-state index < -0.39 is 0 Å². The van der Waals surface area contributed by atoms with E-state index in [2.05, 4.69) is 15.4 Å². The quantitative estimate of drug-likeness (QED) is 0.761. The SMILES string of the molecule is CCc1nc2cc(NC(=O)Cn3ccc(N)n3)ccc2o1. The van der Waals surface area contributed by atoms with Gasteiger partial charge < -0.3 is 15.5 Å². The molecule has 0 unspecified atom stereocenters. The molecule has 0 saturated carbocycles. The van der Waals surface area contributed by atoms with E-state index in [-0.39, 0.29) is 12.5 Å². The number of nitrogen functional groups attached to an aromatic ring is 1. The molecule has 0 saturated heterocycles. The molecule has 108 valence electrons. The third-order valence-electron chi connectivity index (χ3n) is 2.98. The summed E-state index contributed by atoms with van der Waals surface area (Å²) in [4.78, 5) is 16.3. The first-order chi connectivity index (χ1) is 10.1. The first kappa shape index (κ1) is 13.2. The summed E-state index contributed by atoms with van der Waals surface area (Å²) in [6, 6.07) is 7.00. The number of fused-ring (bicyclic) bond motifs is 1. The van der Waals surface area contributed by atoms with Crippen LogP contribution in [-0.2, 0) is 17.8 Å². The first-order valence-corrected chi connectivity index (χ1v) is 6.62. The van der Waals surface area contributed by atoms with Crippen LogP contribution in [0.25, 0.3) is 11.1 Å². The lowest BCUT2D eigenvalue weighted by molar-refractivity contribution is -0.116. The fraction of sp³-hybridized carbons (Fsp3) is 0.214. The van der Waals surface area contributed by atoms with Crippen molar-refractivity contribution in [1.29, 1.82) is 0 Å². The Morgan fingerprint density at radius 3 is 3.00 bits per heavy atom. The Morgan fingerprint density at radius 1 is 1.43 bits per heavy atom. The van der Waals surface area contributed by atoms with E-state index in [1.807, 2.05) is 6.92 Å². The van der Waals surface area contributed by atoms with Gasteiger partial charge in [0.1, 0.15) is 17.9 Å². The molecule has 1 aromatic carbocycles. The molecular formula is C14H15N5O2. The normalized spacial score (nSPS) is 10.9. The van der Waals surface area contributed by atoms with Crippen LogP contribution in [0.3, 0.4) is 0 Å². The molecule has 1 amide bonds. The molecule has 21 heavy (non-hydrogen) atoms. The number of carbonyl (C=O) groups excluding carboxylic acids is 1. The van der Waals surface area contributed by atoms with Crippen LogP contribution in [0.5, 0.6) is 0 Å². The summed E-state index contributed by atoms with van der Waals surface area (Å²) in [6.07, 6.45) is 2.39. The van der Waals surface area contributed by atoms with Crippen LogP contribution < -0.4 is 11.1 Å². The maximum Gasteiger partial charge on any atom is 0.246 e. The number of amides is 1. The van der Waals surface area contributed by atoms with Crippen LogP contribution >= 0.6 is 0 Å². The standard InChI is InChI=1S/C14H15N5O2/c1-2-14-17-10-7-9(3-4-11(10)21-14)16-13(20)8-19-6-5-12(15)18-19/h3-7H,2,8H2,1H3,(H2,15,18)(H,16,20). The third-order valence-corrected chi connectivity index (χ3v) is 2.98. The largest absolute Gasteiger partial charge is 0.441 e. The number of nitrogens with one attached hydrogen (secondary N) is 1. The van der Waals surface area contributed by atoms with Crippen LogP contribution in [0, 0.1) is 0 Å². The van der Waals surface area contributed by atoms with E-state index in [4.69, 9.17) is 10.2 Å². The highest BCUT2D eigenvalue weighted by Gasteiger charge is 2.08. The van der Waals surface area contributed by atoms with Gasteiger partial charge in [-0.3, -0.25) is 9.48 Å². The van der Waals surface area contributed by atoms with E-state index in [9.17, 15) is 4.79 Å². The fourth-order valence-corrected chi connectivity index (χ4v) is 2.02. The number of hydrogen-bond donors (Lipinski definition) is 2. The first-order valence-electron chi connectivity index (χ1n) is 6.62. The number of benzene rings is 1. The number of nitrogens with zero attached hydrogens (tertiary/aromatic N) is 3. The Balaban J connectivity index is 1.73. The Kier molecular flexibility index (Phi) is 3.31. The van der Waals surface area contributed by atoms with Gasteiger partial charge in [-0.1, -0.05) is 6.92 Å². The predicted octanol–water partition coefficient (Wildman–Crippen LogP) is 1.81. The van der Waals surface area contributed by atoms with Crippen molar-refractivity contribution in [2.45, 2.75) is 19.9 Å². The molecule has 0 bridgehead atoms. The molecule has 7 heteroatoms. The predicted molar refractivity (Wildman–Crippen MR) is 78.7 cm³/mol. The summed E-state index contributed by atoms with van der Waals surface area (Å²) >= 11 is 0. The topological polar surface area (TPSA) is 99.0 Å². The van der Waals surface area contributed by atoms with Crippen molar-refractivity contribution in [1.82, 2.24) is 14.8 Å². The molecular weight excluding hydrogens is 270 g/mol. The van der Waals surface area contributed by atoms with Gasteiger partial charge in [0.05, 0.1) is 0 Å². The molecule has 0 radical (unpaired) electrons. The molecule has 2 heterocycles. The second-order valence-electron chi connectivity index (χ2n) is 4.63. The van der Waals surface area contributed by atoms with Gasteiger partial charge in [0, 0.05) is 18.3 Å². The second kappa shape index (κ2) is 5.28.